The molecule has 1 saturated heterocycles. The standard InChI is InChI=1S/C34H35Cl2N5O4/c1-39(13-12-34(42)41-16-14-40(15-17-41)22-25-3-10-31-32(19-25)44-23-43-31)27-5-7-28(8-6-27)45-33-11-4-26(21-38-33)37-20-24-2-9-29(35)30(36)18-24/h2-11,18-19,21,37H,12-17,20,22-23H2,1H3. The molecule has 0 unspecified atom stereocenters. The first kappa shape index (κ1) is 30.8. The molecular weight excluding hydrogens is 613 g/mol. The summed E-state index contributed by atoms with van der Waals surface area (Å²) < 4.78 is 16.8. The number of carbonyl (C=O) groups excluding carboxylic acids is 1. The zero-order chi connectivity index (χ0) is 31.2. The van der Waals surface area contributed by atoms with Gasteiger partial charge in [0.2, 0.25) is 18.6 Å². The maximum Gasteiger partial charge on any atom is 0.231 e. The van der Waals surface area contributed by atoms with Gasteiger partial charge in [0.1, 0.15) is 5.75 Å². The fourth-order valence-electron chi connectivity index (χ4n) is 5.29. The number of amides is 1. The summed E-state index contributed by atoms with van der Waals surface area (Å²) in [5, 5.41) is 4.38. The zero-order valence-corrected chi connectivity index (χ0v) is 26.6. The molecule has 0 atom stereocenters. The predicted molar refractivity (Wildman–Crippen MR) is 177 cm³/mol. The second-order valence-electron chi connectivity index (χ2n) is 11.1. The Kier molecular flexibility index (Phi) is 9.78. The minimum atomic E-state index is 0.186. The number of anilines is 2. The highest BCUT2D eigenvalue weighted by Crippen LogP contribution is 2.33. The number of benzene rings is 3. The smallest absolute Gasteiger partial charge is 0.231 e. The summed E-state index contributed by atoms with van der Waals surface area (Å²) in [5.74, 6) is 2.98. The molecular formula is C34H35Cl2N5O4. The number of hydrogen-bond donors (Lipinski definition) is 1. The van der Waals surface area contributed by atoms with Gasteiger partial charge in [0.25, 0.3) is 0 Å². The average Bonchev–Trinajstić information content (AvgIpc) is 3.53. The van der Waals surface area contributed by atoms with Crippen molar-refractivity contribution < 1.29 is 19.0 Å². The largest absolute Gasteiger partial charge is 0.454 e. The van der Waals surface area contributed by atoms with E-state index in [4.69, 9.17) is 37.4 Å². The monoisotopic (exact) mass is 647 g/mol. The van der Waals surface area contributed by atoms with Gasteiger partial charge in [-0.2, -0.15) is 0 Å². The van der Waals surface area contributed by atoms with Crippen LogP contribution >= 0.6 is 23.2 Å². The van der Waals surface area contributed by atoms with E-state index in [1.807, 2.05) is 72.6 Å². The molecule has 0 aliphatic carbocycles. The number of fused-ring (bicyclic) bond motifs is 1. The van der Waals surface area contributed by atoms with Gasteiger partial charge in [-0.3, -0.25) is 9.69 Å². The van der Waals surface area contributed by atoms with Crippen LogP contribution in [0.5, 0.6) is 23.1 Å². The first-order valence-electron chi connectivity index (χ1n) is 14.9. The third-order valence-electron chi connectivity index (χ3n) is 7.95. The van der Waals surface area contributed by atoms with Crippen LogP contribution in [0, 0.1) is 0 Å². The van der Waals surface area contributed by atoms with Gasteiger partial charge >= 0.3 is 0 Å². The Balaban J connectivity index is 0.911. The van der Waals surface area contributed by atoms with Gasteiger partial charge < -0.3 is 29.3 Å². The number of ether oxygens (including phenoxy) is 3. The zero-order valence-electron chi connectivity index (χ0n) is 25.0. The molecule has 3 aromatic carbocycles. The van der Waals surface area contributed by atoms with E-state index in [0.29, 0.717) is 41.2 Å². The van der Waals surface area contributed by atoms with E-state index in [1.54, 1.807) is 12.3 Å². The molecule has 1 N–H and O–H groups in total. The normalized spacial score (nSPS) is 14.3. The summed E-state index contributed by atoms with van der Waals surface area (Å²) in [6, 6.07) is 23.2. The van der Waals surface area contributed by atoms with Crippen LogP contribution in [0.15, 0.2) is 79.0 Å². The lowest BCUT2D eigenvalue weighted by Crippen LogP contribution is -2.48. The van der Waals surface area contributed by atoms with Crippen molar-refractivity contribution in [2.45, 2.75) is 19.5 Å². The maximum atomic E-state index is 13.0. The summed E-state index contributed by atoms with van der Waals surface area (Å²) in [6.07, 6.45) is 2.19. The van der Waals surface area contributed by atoms with Crippen LogP contribution in [0.3, 0.4) is 0 Å². The number of halogens is 2. The minimum absolute atomic E-state index is 0.186. The molecule has 9 nitrogen and oxygen atoms in total. The quantitative estimate of drug-likeness (QED) is 0.193. The van der Waals surface area contributed by atoms with Crippen molar-refractivity contribution in [1.29, 1.82) is 0 Å². The van der Waals surface area contributed by atoms with E-state index in [1.165, 1.54) is 5.56 Å². The van der Waals surface area contributed by atoms with Crippen LogP contribution in [0.1, 0.15) is 17.5 Å². The lowest BCUT2D eigenvalue weighted by atomic mass is 10.1. The van der Waals surface area contributed by atoms with E-state index in [2.05, 4.69) is 26.2 Å². The Labute approximate surface area is 273 Å². The highest BCUT2D eigenvalue weighted by Gasteiger charge is 2.22. The molecule has 11 heteroatoms. The Bertz CT molecular complexity index is 1610. The number of carbonyl (C=O) groups is 1. The third kappa shape index (κ3) is 8.11. The van der Waals surface area contributed by atoms with E-state index < -0.39 is 0 Å². The van der Waals surface area contributed by atoms with E-state index in [0.717, 1.165) is 61.2 Å². The summed E-state index contributed by atoms with van der Waals surface area (Å²) in [6.45, 7) is 5.52. The molecule has 2 aliphatic rings. The van der Waals surface area contributed by atoms with Gasteiger partial charge in [-0.25, -0.2) is 4.98 Å². The topological polar surface area (TPSA) is 79.4 Å². The molecule has 0 saturated carbocycles. The van der Waals surface area contributed by atoms with E-state index >= 15 is 0 Å². The molecule has 0 bridgehead atoms. The van der Waals surface area contributed by atoms with Crippen LogP contribution in [0.2, 0.25) is 10.0 Å². The lowest BCUT2D eigenvalue weighted by Gasteiger charge is -2.35. The van der Waals surface area contributed by atoms with Crippen molar-refractivity contribution in [2.75, 3.05) is 56.8 Å². The molecule has 1 fully saturated rings. The van der Waals surface area contributed by atoms with Crippen LogP contribution in [0.4, 0.5) is 11.4 Å². The molecule has 0 radical (unpaired) electrons. The minimum Gasteiger partial charge on any atom is -0.454 e. The maximum absolute atomic E-state index is 13.0. The Morgan fingerprint density at radius 1 is 0.911 bits per heavy atom. The number of rotatable bonds is 11. The van der Waals surface area contributed by atoms with Crippen molar-refractivity contribution in [3.63, 3.8) is 0 Å². The van der Waals surface area contributed by atoms with Crippen LogP contribution in [0.25, 0.3) is 0 Å². The summed E-state index contributed by atoms with van der Waals surface area (Å²) in [4.78, 5) is 23.8. The molecule has 0 spiro atoms. The second-order valence-corrected chi connectivity index (χ2v) is 11.9. The lowest BCUT2D eigenvalue weighted by molar-refractivity contribution is -0.132. The number of piperazine rings is 1. The van der Waals surface area contributed by atoms with E-state index in [9.17, 15) is 4.79 Å². The summed E-state index contributed by atoms with van der Waals surface area (Å²) >= 11 is 12.1. The van der Waals surface area contributed by atoms with Crippen molar-refractivity contribution in [1.82, 2.24) is 14.8 Å². The van der Waals surface area contributed by atoms with Gasteiger partial charge in [0, 0.05) is 71.0 Å². The predicted octanol–water partition coefficient (Wildman–Crippen LogP) is 6.69. The van der Waals surface area contributed by atoms with Crippen LogP contribution < -0.4 is 24.4 Å². The molecule has 4 aromatic rings. The van der Waals surface area contributed by atoms with Crippen LogP contribution in [-0.2, 0) is 17.9 Å². The second kappa shape index (κ2) is 14.3. The van der Waals surface area contributed by atoms with Gasteiger partial charge in [-0.15, -0.1) is 0 Å². The molecule has 234 valence electrons. The van der Waals surface area contributed by atoms with Crippen molar-refractivity contribution in [3.05, 3.63) is 100 Å². The first-order valence-corrected chi connectivity index (χ1v) is 15.7. The highest BCUT2D eigenvalue weighted by atomic mass is 35.5. The van der Waals surface area contributed by atoms with Crippen molar-refractivity contribution in [3.8, 4) is 23.1 Å². The number of aromatic nitrogens is 1. The van der Waals surface area contributed by atoms with Crippen molar-refractivity contribution >= 4 is 40.5 Å². The van der Waals surface area contributed by atoms with E-state index in [-0.39, 0.29) is 12.7 Å². The highest BCUT2D eigenvalue weighted by molar-refractivity contribution is 6.42. The Morgan fingerprint density at radius 3 is 2.44 bits per heavy atom. The number of hydrogen-bond acceptors (Lipinski definition) is 8. The molecule has 6 rings (SSSR count). The number of pyridine rings is 1. The average molecular weight is 649 g/mol. The molecule has 1 amide bonds. The third-order valence-corrected chi connectivity index (χ3v) is 8.69. The summed E-state index contributed by atoms with van der Waals surface area (Å²) in [7, 11) is 2.00. The Morgan fingerprint density at radius 2 is 1.69 bits per heavy atom. The molecule has 3 heterocycles. The SMILES string of the molecule is CN(CCC(=O)N1CCN(Cc2ccc3c(c2)OCO3)CC1)c1ccc(Oc2ccc(NCc3ccc(Cl)c(Cl)c3)cn2)cc1. The molecule has 1 aromatic heterocycles. The fourth-order valence-corrected chi connectivity index (χ4v) is 5.61. The molecule has 2 aliphatic heterocycles. The van der Waals surface area contributed by atoms with Crippen LogP contribution in [-0.4, -0.2) is 67.3 Å². The van der Waals surface area contributed by atoms with Gasteiger partial charge in [-0.1, -0.05) is 35.3 Å². The van der Waals surface area contributed by atoms with Crippen molar-refractivity contribution in [2.24, 2.45) is 0 Å². The van der Waals surface area contributed by atoms with Gasteiger partial charge in [0.05, 0.1) is 21.9 Å². The Hall–Kier alpha value is -4.18. The van der Waals surface area contributed by atoms with Gasteiger partial charge in [0.15, 0.2) is 11.5 Å². The molecule has 45 heavy (non-hydrogen) atoms. The number of nitrogens with zero attached hydrogens (tertiary/aromatic N) is 4. The van der Waals surface area contributed by atoms with Gasteiger partial charge in [-0.05, 0) is 65.7 Å². The number of nitrogens with one attached hydrogen (secondary N) is 1. The summed E-state index contributed by atoms with van der Waals surface area (Å²) in [5.41, 5.74) is 4.09. The first-order chi connectivity index (χ1) is 21.9. The fraction of sp³-hybridized carbons (Fsp3) is 0.294.